The number of benzene rings is 2. The Labute approximate surface area is 113 Å². The fraction of sp³-hybridized carbons (Fsp3) is 0.0714. The molecule has 0 atom stereocenters. The molecule has 98 valence electrons. The Morgan fingerprint density at radius 1 is 1.16 bits per heavy atom. The summed E-state index contributed by atoms with van der Waals surface area (Å²) in [5, 5.41) is -0.0579. The highest BCUT2D eigenvalue weighted by Crippen LogP contribution is 2.19. The lowest BCUT2D eigenvalue weighted by molar-refractivity contribution is 0.0993. The number of hydrogen-bond acceptors (Lipinski definition) is 2. The van der Waals surface area contributed by atoms with Gasteiger partial charge in [-0.1, -0.05) is 17.7 Å². The summed E-state index contributed by atoms with van der Waals surface area (Å²) < 4.78 is 26.1. The predicted molar refractivity (Wildman–Crippen MR) is 70.3 cm³/mol. The quantitative estimate of drug-likeness (QED) is 0.690. The topological polar surface area (TPSA) is 43.1 Å². The predicted octanol–water partition coefficient (Wildman–Crippen LogP) is 3.63. The van der Waals surface area contributed by atoms with Gasteiger partial charge in [0.15, 0.2) is 5.78 Å². The van der Waals surface area contributed by atoms with E-state index in [4.69, 9.17) is 17.3 Å². The Balaban J connectivity index is 2.25. The van der Waals surface area contributed by atoms with Crippen LogP contribution in [0.4, 0.5) is 14.5 Å². The zero-order valence-corrected chi connectivity index (χ0v) is 10.5. The number of nitrogen functional groups attached to an aromatic ring is 1. The first kappa shape index (κ1) is 13.5. The first-order valence-corrected chi connectivity index (χ1v) is 5.87. The molecule has 0 unspecified atom stereocenters. The number of carbonyl (C=O) groups excluding carboxylic acids is 1. The smallest absolute Gasteiger partial charge is 0.169 e. The Bertz CT molecular complexity index is 643. The molecule has 0 radical (unpaired) electrons. The molecule has 2 aromatic carbocycles. The zero-order valence-electron chi connectivity index (χ0n) is 9.79. The molecule has 2 aromatic rings. The Hall–Kier alpha value is -1.94. The van der Waals surface area contributed by atoms with Crippen molar-refractivity contribution in [3.8, 4) is 0 Å². The van der Waals surface area contributed by atoms with Crippen molar-refractivity contribution in [2.75, 3.05) is 5.73 Å². The van der Waals surface area contributed by atoms with Crippen molar-refractivity contribution in [1.29, 1.82) is 0 Å². The van der Waals surface area contributed by atoms with Crippen molar-refractivity contribution in [2.24, 2.45) is 0 Å². The van der Waals surface area contributed by atoms with Crippen molar-refractivity contribution in [1.82, 2.24) is 0 Å². The van der Waals surface area contributed by atoms with E-state index in [0.29, 0.717) is 5.56 Å². The Morgan fingerprint density at radius 3 is 2.58 bits per heavy atom. The van der Waals surface area contributed by atoms with E-state index in [0.717, 1.165) is 6.07 Å². The van der Waals surface area contributed by atoms with Crippen LogP contribution in [-0.2, 0) is 6.42 Å². The maximum atomic E-state index is 13.1. The molecule has 0 saturated carbocycles. The average molecular weight is 282 g/mol. The second-order valence-corrected chi connectivity index (χ2v) is 4.49. The third kappa shape index (κ3) is 3.09. The molecule has 0 heterocycles. The van der Waals surface area contributed by atoms with E-state index >= 15 is 0 Å². The van der Waals surface area contributed by atoms with Crippen LogP contribution in [0.25, 0.3) is 0 Å². The summed E-state index contributed by atoms with van der Waals surface area (Å²) >= 11 is 5.63. The maximum absolute atomic E-state index is 13.1. The fourth-order valence-electron chi connectivity index (χ4n) is 1.70. The van der Waals surface area contributed by atoms with Gasteiger partial charge in [0.1, 0.15) is 11.6 Å². The van der Waals surface area contributed by atoms with E-state index in [9.17, 15) is 13.6 Å². The van der Waals surface area contributed by atoms with Gasteiger partial charge in [0.2, 0.25) is 0 Å². The van der Waals surface area contributed by atoms with Crippen molar-refractivity contribution >= 4 is 23.1 Å². The molecule has 0 aliphatic carbocycles. The lowest BCUT2D eigenvalue weighted by Gasteiger charge is -2.06. The zero-order chi connectivity index (χ0) is 14.0. The minimum absolute atomic E-state index is 0.0202. The number of anilines is 1. The second kappa shape index (κ2) is 5.36. The molecule has 2 rings (SSSR count). The van der Waals surface area contributed by atoms with E-state index < -0.39 is 11.6 Å². The Morgan fingerprint density at radius 2 is 1.89 bits per heavy atom. The van der Waals surface area contributed by atoms with Crippen LogP contribution in [0, 0.1) is 11.6 Å². The average Bonchev–Trinajstić information content (AvgIpc) is 2.36. The van der Waals surface area contributed by atoms with Crippen molar-refractivity contribution in [3.05, 3.63) is 64.2 Å². The fourth-order valence-corrected chi connectivity index (χ4v) is 1.90. The molecule has 0 amide bonds. The van der Waals surface area contributed by atoms with Crippen LogP contribution in [0.1, 0.15) is 15.9 Å². The minimum atomic E-state index is -0.553. The standard InChI is InChI=1S/C14H10ClF2NO/c15-11-5-8(1-3-12(11)17)6-14(19)10-7-9(16)2-4-13(10)18/h1-5,7H,6,18H2. The summed E-state index contributed by atoms with van der Waals surface area (Å²) in [6.45, 7) is 0. The van der Waals surface area contributed by atoms with E-state index in [-0.39, 0.29) is 28.5 Å². The molecule has 0 saturated heterocycles. The van der Waals surface area contributed by atoms with Gasteiger partial charge in [-0.15, -0.1) is 0 Å². The number of halogens is 3. The highest BCUT2D eigenvalue weighted by atomic mass is 35.5. The molecule has 0 fully saturated rings. The van der Waals surface area contributed by atoms with Gasteiger partial charge in [0.25, 0.3) is 0 Å². The van der Waals surface area contributed by atoms with Gasteiger partial charge in [-0.2, -0.15) is 0 Å². The van der Waals surface area contributed by atoms with E-state index in [1.54, 1.807) is 0 Å². The Kier molecular flexibility index (Phi) is 3.81. The molecule has 0 bridgehead atoms. The maximum Gasteiger partial charge on any atom is 0.169 e. The molecule has 0 aliphatic rings. The monoisotopic (exact) mass is 281 g/mol. The normalized spacial score (nSPS) is 10.5. The van der Waals surface area contributed by atoms with Gasteiger partial charge in [0.05, 0.1) is 5.02 Å². The summed E-state index contributed by atoms with van der Waals surface area (Å²) in [6, 6.07) is 7.60. The second-order valence-electron chi connectivity index (χ2n) is 4.08. The third-order valence-electron chi connectivity index (χ3n) is 2.66. The first-order valence-electron chi connectivity index (χ1n) is 5.49. The van der Waals surface area contributed by atoms with Crippen LogP contribution < -0.4 is 5.73 Å². The number of hydrogen-bond donors (Lipinski definition) is 1. The van der Waals surface area contributed by atoms with Crippen molar-refractivity contribution in [2.45, 2.75) is 6.42 Å². The van der Waals surface area contributed by atoms with E-state index in [2.05, 4.69) is 0 Å². The largest absolute Gasteiger partial charge is 0.398 e. The number of rotatable bonds is 3. The van der Waals surface area contributed by atoms with E-state index in [1.165, 1.54) is 30.3 Å². The van der Waals surface area contributed by atoms with Crippen LogP contribution in [0.3, 0.4) is 0 Å². The number of Topliss-reactive ketones (excluding diaryl/α,β-unsaturated/α-hetero) is 1. The highest BCUT2D eigenvalue weighted by molar-refractivity contribution is 6.30. The van der Waals surface area contributed by atoms with Crippen LogP contribution >= 0.6 is 11.6 Å². The number of nitrogens with two attached hydrogens (primary N) is 1. The molecule has 0 aliphatic heterocycles. The summed E-state index contributed by atoms with van der Waals surface area (Å²) in [6.07, 6.45) is -0.0202. The molecule has 2 nitrogen and oxygen atoms in total. The summed E-state index contributed by atoms with van der Waals surface area (Å²) in [7, 11) is 0. The molecule has 2 N–H and O–H groups in total. The SMILES string of the molecule is Nc1ccc(F)cc1C(=O)Cc1ccc(F)c(Cl)c1. The summed E-state index contributed by atoms with van der Waals surface area (Å²) in [5.74, 6) is -1.43. The van der Waals surface area contributed by atoms with Gasteiger partial charge >= 0.3 is 0 Å². The summed E-state index contributed by atoms with van der Waals surface area (Å²) in [4.78, 5) is 12.0. The van der Waals surface area contributed by atoms with Gasteiger partial charge in [-0.3, -0.25) is 4.79 Å². The van der Waals surface area contributed by atoms with Crippen LogP contribution in [0.15, 0.2) is 36.4 Å². The first-order chi connectivity index (χ1) is 8.97. The lowest BCUT2D eigenvalue weighted by atomic mass is 10.0. The van der Waals surface area contributed by atoms with Gasteiger partial charge < -0.3 is 5.73 Å². The van der Waals surface area contributed by atoms with Gasteiger partial charge in [-0.05, 0) is 35.9 Å². The van der Waals surface area contributed by atoms with Gasteiger partial charge in [-0.25, -0.2) is 8.78 Å². The molecule has 0 aromatic heterocycles. The number of ketones is 1. The van der Waals surface area contributed by atoms with Crippen LogP contribution in [0.5, 0.6) is 0 Å². The summed E-state index contributed by atoms with van der Waals surface area (Å²) in [5.41, 5.74) is 6.49. The van der Waals surface area contributed by atoms with Crippen molar-refractivity contribution in [3.63, 3.8) is 0 Å². The van der Waals surface area contributed by atoms with Crippen LogP contribution in [0.2, 0.25) is 5.02 Å². The lowest BCUT2D eigenvalue weighted by Crippen LogP contribution is -2.07. The molecule has 19 heavy (non-hydrogen) atoms. The van der Waals surface area contributed by atoms with E-state index in [1.807, 2.05) is 0 Å². The van der Waals surface area contributed by atoms with Crippen molar-refractivity contribution < 1.29 is 13.6 Å². The number of carbonyl (C=O) groups is 1. The molecular weight excluding hydrogens is 272 g/mol. The molecule has 0 spiro atoms. The highest BCUT2D eigenvalue weighted by Gasteiger charge is 2.12. The van der Waals surface area contributed by atoms with Crippen LogP contribution in [-0.4, -0.2) is 5.78 Å². The molecule has 5 heteroatoms. The van der Waals surface area contributed by atoms with Gasteiger partial charge in [0, 0.05) is 17.7 Å². The third-order valence-corrected chi connectivity index (χ3v) is 2.95. The minimum Gasteiger partial charge on any atom is -0.398 e. The molecular formula is C14H10ClF2NO.